The number of nitrogen functional groups attached to an aromatic ring is 1. The molecule has 0 aliphatic carbocycles. The summed E-state index contributed by atoms with van der Waals surface area (Å²) in [5.41, 5.74) is 9.74. The summed E-state index contributed by atoms with van der Waals surface area (Å²) in [5, 5.41) is 14.2. The van der Waals surface area contributed by atoms with Crippen LogP contribution in [0.1, 0.15) is 39.8 Å². The first-order valence-corrected chi connectivity index (χ1v) is 11.4. The van der Waals surface area contributed by atoms with Crippen LogP contribution in [0.2, 0.25) is 0 Å². The lowest BCUT2D eigenvalue weighted by Gasteiger charge is -2.24. The molecule has 2 aromatic carbocycles. The maximum Gasteiger partial charge on any atom is 0.353 e. The molecule has 3 heterocycles. The van der Waals surface area contributed by atoms with E-state index < -0.39 is 23.6 Å². The lowest BCUT2D eigenvalue weighted by atomic mass is 9.97. The summed E-state index contributed by atoms with van der Waals surface area (Å²) < 4.78 is 13.1. The van der Waals surface area contributed by atoms with Gasteiger partial charge >= 0.3 is 5.97 Å². The number of nitrogens with two attached hydrogens (primary N) is 1. The fourth-order valence-corrected chi connectivity index (χ4v) is 4.48. The Balaban J connectivity index is 1.74. The Morgan fingerprint density at radius 3 is 2.42 bits per heavy atom. The van der Waals surface area contributed by atoms with Gasteiger partial charge in [-0.15, -0.1) is 0 Å². The highest BCUT2D eigenvalue weighted by molar-refractivity contribution is 6.49. The first-order valence-electron chi connectivity index (χ1n) is 11.4. The van der Waals surface area contributed by atoms with Crippen molar-refractivity contribution in [3.8, 4) is 11.5 Å². The number of aliphatic carboxylic acids is 1. The zero-order chi connectivity index (χ0) is 25.4. The highest BCUT2D eigenvalue weighted by Crippen LogP contribution is 2.40. The molecule has 9 heteroatoms. The van der Waals surface area contributed by atoms with Crippen molar-refractivity contribution < 1.29 is 29.0 Å². The predicted molar refractivity (Wildman–Crippen MR) is 130 cm³/mol. The first kappa shape index (κ1) is 23.1. The van der Waals surface area contributed by atoms with E-state index in [-0.39, 0.29) is 29.1 Å². The summed E-state index contributed by atoms with van der Waals surface area (Å²) in [6.07, 6.45) is -0.907. The van der Waals surface area contributed by atoms with Gasteiger partial charge in [-0.1, -0.05) is 55.5 Å². The number of rotatable bonds is 7. The Kier molecular flexibility index (Phi) is 5.89. The fraction of sp³-hybridized carbons (Fsp3) is 0.185. The van der Waals surface area contributed by atoms with E-state index in [1.54, 1.807) is 28.8 Å². The molecular weight excluding hydrogens is 462 g/mol. The monoisotopic (exact) mass is 485 g/mol. The number of carbonyl (C=O) groups is 3. The number of carbonyl (C=O) groups excluding carboxylic acids is 2. The van der Waals surface area contributed by atoms with Crippen LogP contribution in [0, 0.1) is 0 Å². The number of carboxylic acids is 1. The normalized spacial score (nSPS) is 15.0. The number of fused-ring (bicyclic) bond motifs is 3. The van der Waals surface area contributed by atoms with Crippen LogP contribution in [-0.2, 0) is 29.0 Å². The number of aromatic nitrogens is 2. The molecule has 3 N–H and O–H groups in total. The molecule has 1 aliphatic heterocycles. The molecule has 0 amide bonds. The van der Waals surface area contributed by atoms with Crippen molar-refractivity contribution >= 4 is 28.7 Å². The van der Waals surface area contributed by atoms with E-state index in [1.165, 1.54) is 0 Å². The van der Waals surface area contributed by atoms with Crippen LogP contribution in [0.25, 0.3) is 5.52 Å². The first-order chi connectivity index (χ1) is 17.4. The van der Waals surface area contributed by atoms with Crippen LogP contribution in [0.4, 0.5) is 5.69 Å². The summed E-state index contributed by atoms with van der Waals surface area (Å²) >= 11 is 0. The molecule has 1 atom stereocenters. The van der Waals surface area contributed by atoms with Crippen LogP contribution in [0.5, 0.6) is 11.5 Å². The molecular formula is C27H23N3O6. The van der Waals surface area contributed by atoms with Crippen molar-refractivity contribution in [2.45, 2.75) is 32.5 Å². The van der Waals surface area contributed by atoms with Gasteiger partial charge in [0.1, 0.15) is 23.6 Å². The highest BCUT2D eigenvalue weighted by atomic mass is 16.5. The van der Waals surface area contributed by atoms with E-state index in [9.17, 15) is 19.5 Å². The molecule has 36 heavy (non-hydrogen) atoms. The van der Waals surface area contributed by atoms with Crippen LogP contribution in [0.15, 0.2) is 60.7 Å². The Bertz CT molecular complexity index is 1490. The third kappa shape index (κ3) is 3.84. The average molecular weight is 485 g/mol. The molecule has 4 aromatic rings. The van der Waals surface area contributed by atoms with Crippen LogP contribution < -0.4 is 15.2 Å². The van der Waals surface area contributed by atoms with Crippen molar-refractivity contribution in [1.82, 2.24) is 9.61 Å². The summed E-state index contributed by atoms with van der Waals surface area (Å²) in [4.78, 5) is 37.4. The maximum absolute atomic E-state index is 13.1. The number of carboxylic acid groups (broad SMARTS) is 1. The molecule has 1 unspecified atom stereocenters. The minimum atomic E-state index is -1.96. The molecule has 0 bridgehead atoms. The molecule has 0 saturated carbocycles. The number of benzene rings is 2. The number of ketones is 2. The van der Waals surface area contributed by atoms with Crippen LogP contribution in [0.3, 0.4) is 0 Å². The van der Waals surface area contributed by atoms with Crippen LogP contribution in [-0.4, -0.2) is 38.4 Å². The Morgan fingerprint density at radius 2 is 1.78 bits per heavy atom. The van der Waals surface area contributed by atoms with E-state index >= 15 is 0 Å². The van der Waals surface area contributed by atoms with Gasteiger partial charge in [-0.2, -0.15) is 5.10 Å². The van der Waals surface area contributed by atoms with Gasteiger partial charge in [-0.05, 0) is 29.7 Å². The summed E-state index contributed by atoms with van der Waals surface area (Å²) in [6.45, 7) is 1.80. The minimum absolute atomic E-state index is 0.0693. The Labute approximate surface area is 206 Å². The molecule has 0 fully saturated rings. The van der Waals surface area contributed by atoms with E-state index in [2.05, 4.69) is 0 Å². The molecule has 182 valence electrons. The van der Waals surface area contributed by atoms with E-state index in [0.717, 1.165) is 16.8 Å². The zero-order valence-corrected chi connectivity index (χ0v) is 19.4. The average Bonchev–Trinajstić information content (AvgIpc) is 3.15. The summed E-state index contributed by atoms with van der Waals surface area (Å²) in [5.74, 6) is -3.25. The lowest BCUT2D eigenvalue weighted by Crippen LogP contribution is -2.44. The second-order valence-electron chi connectivity index (χ2n) is 8.40. The lowest BCUT2D eigenvalue weighted by molar-refractivity contribution is -0.149. The minimum Gasteiger partial charge on any atom is -0.487 e. The molecule has 0 saturated heterocycles. The molecule has 5 rings (SSSR count). The van der Waals surface area contributed by atoms with Gasteiger partial charge in [0.05, 0.1) is 16.9 Å². The van der Waals surface area contributed by atoms with Gasteiger partial charge < -0.3 is 20.3 Å². The number of ether oxygens (including phenoxy) is 2. The van der Waals surface area contributed by atoms with Crippen molar-refractivity contribution in [3.05, 3.63) is 88.7 Å². The second kappa shape index (κ2) is 9.18. The third-order valence-corrected chi connectivity index (χ3v) is 6.18. The van der Waals surface area contributed by atoms with Crippen molar-refractivity contribution in [3.63, 3.8) is 0 Å². The van der Waals surface area contributed by atoms with Crippen LogP contribution >= 0.6 is 0 Å². The molecule has 0 spiro atoms. The molecule has 0 radical (unpaired) electrons. The van der Waals surface area contributed by atoms with E-state index in [4.69, 9.17) is 20.3 Å². The number of nitrogens with zero attached hydrogens (tertiary/aromatic N) is 2. The van der Waals surface area contributed by atoms with Crippen molar-refractivity contribution in [2.24, 2.45) is 0 Å². The van der Waals surface area contributed by atoms with Gasteiger partial charge in [-0.25, -0.2) is 9.31 Å². The van der Waals surface area contributed by atoms with Crippen molar-refractivity contribution in [1.29, 1.82) is 0 Å². The number of hydrogen-bond donors (Lipinski definition) is 2. The Hall–Kier alpha value is -4.66. The second-order valence-corrected chi connectivity index (χ2v) is 8.40. The smallest absolute Gasteiger partial charge is 0.353 e. The quantitative estimate of drug-likeness (QED) is 0.301. The summed E-state index contributed by atoms with van der Waals surface area (Å²) in [7, 11) is 0. The summed E-state index contributed by atoms with van der Waals surface area (Å²) in [6, 6.07) is 18.7. The zero-order valence-electron chi connectivity index (χ0n) is 19.4. The highest BCUT2D eigenvalue weighted by Gasteiger charge is 2.44. The number of anilines is 1. The fourth-order valence-electron chi connectivity index (χ4n) is 4.48. The van der Waals surface area contributed by atoms with Gasteiger partial charge in [0, 0.05) is 6.42 Å². The molecule has 1 aliphatic rings. The number of para-hydroxylation sites is 1. The van der Waals surface area contributed by atoms with Crippen molar-refractivity contribution in [2.75, 3.05) is 5.73 Å². The standard InChI is InChI=1S/C27H23N3O6/c1-2-17-19(13-15-9-5-3-6-10-15)30-22(21(17)28)25-20(23(31)24(32)26(36-25)27(33)34)18(29-30)14-35-16-11-7-4-8-12-16/h3-12,26H,2,13-14,28H2,1H3,(H,33,34). The third-order valence-electron chi connectivity index (χ3n) is 6.18. The van der Waals surface area contributed by atoms with E-state index in [1.807, 2.05) is 43.3 Å². The van der Waals surface area contributed by atoms with Gasteiger partial charge in [0.25, 0.3) is 11.9 Å². The topological polar surface area (TPSA) is 133 Å². The van der Waals surface area contributed by atoms with Gasteiger partial charge in [-0.3, -0.25) is 9.59 Å². The predicted octanol–water partition coefficient (Wildman–Crippen LogP) is 3.25. The largest absolute Gasteiger partial charge is 0.487 e. The molecule has 2 aromatic heterocycles. The molecule has 9 nitrogen and oxygen atoms in total. The van der Waals surface area contributed by atoms with Gasteiger partial charge in [0.2, 0.25) is 5.78 Å². The number of hydrogen-bond acceptors (Lipinski definition) is 7. The van der Waals surface area contributed by atoms with Gasteiger partial charge in [0.15, 0.2) is 5.75 Å². The Morgan fingerprint density at radius 1 is 1.11 bits per heavy atom. The maximum atomic E-state index is 13.1. The van der Waals surface area contributed by atoms with E-state index in [0.29, 0.717) is 24.3 Å². The number of Topliss-reactive ketones (excluding diaryl/α,β-unsaturated/α-hetero) is 2. The SMILES string of the molecule is CCc1c(N)c2c3c(c(COc4ccccc4)nn2c1Cc1ccccc1)C(=O)C(=O)C(C(=O)O)O3.